The highest BCUT2D eigenvalue weighted by molar-refractivity contribution is 7.81. The Balaban J connectivity index is 2.37. The van der Waals surface area contributed by atoms with Gasteiger partial charge in [0.05, 0.1) is 47.9 Å². The van der Waals surface area contributed by atoms with Crippen molar-refractivity contribution in [2.75, 3.05) is 18.5 Å². The van der Waals surface area contributed by atoms with Gasteiger partial charge >= 0.3 is 5.97 Å². The number of nitrogens with zero attached hydrogens (tertiary/aromatic N) is 1. The number of anilines is 2. The summed E-state index contributed by atoms with van der Waals surface area (Å²) in [5.74, 6) is -0.566. The zero-order chi connectivity index (χ0) is 20.4. The Labute approximate surface area is 163 Å². The van der Waals surface area contributed by atoms with Crippen LogP contribution in [0.3, 0.4) is 0 Å². The maximum absolute atomic E-state index is 12.2. The summed E-state index contributed by atoms with van der Waals surface area (Å²) in [6, 6.07) is 9.43. The first-order valence-electron chi connectivity index (χ1n) is 8.16. The number of para-hydroxylation sites is 2. The number of aromatic nitrogens is 1. The van der Waals surface area contributed by atoms with Gasteiger partial charge in [0.25, 0.3) is 0 Å². The second-order valence-corrected chi connectivity index (χ2v) is 6.65. The predicted octanol–water partition coefficient (Wildman–Crippen LogP) is 3.10. The van der Waals surface area contributed by atoms with Gasteiger partial charge in [-0.25, -0.2) is 4.79 Å². The Hall–Kier alpha value is -3.17. The summed E-state index contributed by atoms with van der Waals surface area (Å²) in [5, 5.41) is 0.413. The zero-order valence-electron chi connectivity index (χ0n) is 15.3. The second kappa shape index (κ2) is 7.83. The topological polar surface area (TPSA) is 112 Å². The molecular formula is C19H17N2O6S-. The van der Waals surface area contributed by atoms with Crippen molar-refractivity contribution in [1.29, 1.82) is 0 Å². The van der Waals surface area contributed by atoms with Gasteiger partial charge in [-0.05, 0) is 31.2 Å². The molecule has 9 heteroatoms. The molecule has 3 rings (SSSR count). The summed E-state index contributed by atoms with van der Waals surface area (Å²) in [5.41, 5.74) is 1.23. The van der Waals surface area contributed by atoms with E-state index in [1.807, 2.05) is 0 Å². The number of H-pyrrole nitrogens is 1. The number of carbonyl (C=O) groups excluding carboxylic acids is 2. The van der Waals surface area contributed by atoms with Crippen LogP contribution in [0.25, 0.3) is 10.9 Å². The van der Waals surface area contributed by atoms with Gasteiger partial charge in [0.2, 0.25) is 0 Å². The molecule has 0 fully saturated rings. The van der Waals surface area contributed by atoms with Crippen LogP contribution in [0.5, 0.6) is 5.75 Å². The Morgan fingerprint density at radius 1 is 1.14 bits per heavy atom. The fraction of sp³-hybridized carbons (Fsp3) is 0.158. The first-order chi connectivity index (χ1) is 13.4. The first-order valence-corrected chi connectivity index (χ1v) is 9.19. The molecule has 0 saturated carbocycles. The molecule has 0 aliphatic rings. The number of ether oxygens (including phenoxy) is 2. The lowest BCUT2D eigenvalue weighted by molar-refractivity contribution is 0.0600. The number of benzene rings is 2. The second-order valence-electron chi connectivity index (χ2n) is 5.85. The Bertz CT molecular complexity index is 1090. The minimum atomic E-state index is -2.75. The smallest absolute Gasteiger partial charge is 0.337 e. The van der Waals surface area contributed by atoms with Gasteiger partial charge in [-0.2, -0.15) is 0 Å². The van der Waals surface area contributed by atoms with E-state index in [9.17, 15) is 18.4 Å². The number of esters is 1. The van der Waals surface area contributed by atoms with Crippen molar-refractivity contribution in [3.63, 3.8) is 0 Å². The van der Waals surface area contributed by atoms with Gasteiger partial charge in [-0.1, -0.05) is 12.1 Å². The number of carbonyl (C=O) groups is 2. The third-order valence-corrected chi connectivity index (χ3v) is 4.93. The lowest BCUT2D eigenvalue weighted by atomic mass is 10.1. The van der Waals surface area contributed by atoms with Crippen LogP contribution >= 0.6 is 0 Å². The summed E-state index contributed by atoms with van der Waals surface area (Å²) < 4.78 is 35.4. The molecule has 1 heterocycles. The van der Waals surface area contributed by atoms with E-state index in [0.717, 1.165) is 4.31 Å². The largest absolute Gasteiger partial charge is 0.755 e. The van der Waals surface area contributed by atoms with Gasteiger partial charge in [0.1, 0.15) is 5.75 Å². The quantitative estimate of drug-likeness (QED) is 0.386. The van der Waals surface area contributed by atoms with Crippen LogP contribution in [0.15, 0.2) is 42.6 Å². The molecule has 1 atom stereocenters. The number of hydrogen-bond acceptors (Lipinski definition) is 6. The van der Waals surface area contributed by atoms with Crippen molar-refractivity contribution in [3.8, 4) is 5.75 Å². The van der Waals surface area contributed by atoms with Crippen molar-refractivity contribution < 1.29 is 27.8 Å². The van der Waals surface area contributed by atoms with Gasteiger partial charge in [0, 0.05) is 17.1 Å². The van der Waals surface area contributed by atoms with Gasteiger partial charge in [-0.15, -0.1) is 0 Å². The van der Waals surface area contributed by atoms with E-state index >= 15 is 0 Å². The van der Waals surface area contributed by atoms with Crippen molar-refractivity contribution >= 4 is 45.3 Å². The minimum absolute atomic E-state index is 0.109. The summed E-state index contributed by atoms with van der Waals surface area (Å²) in [6.45, 7) is 1.39. The third kappa shape index (κ3) is 3.37. The molecule has 0 saturated heterocycles. The normalized spacial score (nSPS) is 11.9. The molecule has 146 valence electrons. The molecule has 3 aromatic rings. The number of aromatic amines is 1. The Morgan fingerprint density at radius 2 is 1.86 bits per heavy atom. The fourth-order valence-corrected chi connectivity index (χ4v) is 3.60. The summed E-state index contributed by atoms with van der Waals surface area (Å²) in [7, 11) is 2.65. The van der Waals surface area contributed by atoms with Crippen LogP contribution < -0.4 is 9.04 Å². The van der Waals surface area contributed by atoms with E-state index in [4.69, 9.17) is 9.47 Å². The molecule has 2 aromatic carbocycles. The third-order valence-electron chi connectivity index (χ3n) is 4.24. The number of hydrogen-bond donors (Lipinski definition) is 1. The van der Waals surface area contributed by atoms with Crippen LogP contribution in [0, 0.1) is 0 Å². The molecule has 8 nitrogen and oxygen atoms in total. The van der Waals surface area contributed by atoms with Crippen LogP contribution in [0.2, 0.25) is 0 Å². The van der Waals surface area contributed by atoms with Crippen LogP contribution in [-0.2, 0) is 16.0 Å². The molecule has 1 unspecified atom stereocenters. The van der Waals surface area contributed by atoms with Crippen molar-refractivity contribution in [3.05, 3.63) is 53.7 Å². The van der Waals surface area contributed by atoms with E-state index in [0.29, 0.717) is 22.2 Å². The SMILES string of the molecule is COC(=O)c1cc(N(c2ccccc2OC)S(=O)[O-])c2[nH]cc(C(C)=O)c2c1. The predicted molar refractivity (Wildman–Crippen MR) is 104 cm³/mol. The zero-order valence-corrected chi connectivity index (χ0v) is 16.2. The molecule has 0 aliphatic heterocycles. The van der Waals surface area contributed by atoms with E-state index < -0.39 is 17.2 Å². The molecule has 0 radical (unpaired) electrons. The summed E-state index contributed by atoms with van der Waals surface area (Å²) >= 11 is -2.75. The highest BCUT2D eigenvalue weighted by Gasteiger charge is 2.23. The van der Waals surface area contributed by atoms with Gasteiger partial charge in [-0.3, -0.25) is 13.3 Å². The number of rotatable bonds is 6. The number of ketones is 1. The van der Waals surface area contributed by atoms with Gasteiger partial charge < -0.3 is 19.0 Å². The lowest BCUT2D eigenvalue weighted by Crippen LogP contribution is -2.21. The number of Topliss-reactive ketones (excluding diaryl/α,β-unsaturated/α-hetero) is 1. The molecule has 0 amide bonds. The standard InChI is InChI=1S/C19H18N2O6S/c1-11(22)14-10-20-18-13(14)8-12(19(23)27-3)9-16(18)21(28(24)25)15-6-4-5-7-17(15)26-2/h4-10,20H,1-3H3,(H,24,25)/p-1. The molecule has 1 N–H and O–H groups in total. The average molecular weight is 401 g/mol. The molecule has 0 bridgehead atoms. The molecular weight excluding hydrogens is 384 g/mol. The molecule has 1 aromatic heterocycles. The van der Waals surface area contributed by atoms with Crippen molar-refractivity contribution in [1.82, 2.24) is 4.98 Å². The van der Waals surface area contributed by atoms with Crippen LogP contribution in [0.1, 0.15) is 27.6 Å². The van der Waals surface area contributed by atoms with E-state index in [2.05, 4.69) is 4.98 Å². The maximum Gasteiger partial charge on any atom is 0.337 e. The highest BCUT2D eigenvalue weighted by atomic mass is 32.2. The first kappa shape index (κ1) is 19.6. The molecule has 0 spiro atoms. The minimum Gasteiger partial charge on any atom is -0.755 e. The monoisotopic (exact) mass is 401 g/mol. The average Bonchev–Trinajstić information content (AvgIpc) is 3.12. The fourth-order valence-electron chi connectivity index (χ4n) is 2.99. The van der Waals surface area contributed by atoms with E-state index in [-0.39, 0.29) is 22.7 Å². The Kier molecular flexibility index (Phi) is 5.48. The van der Waals surface area contributed by atoms with Crippen molar-refractivity contribution in [2.45, 2.75) is 6.92 Å². The Morgan fingerprint density at radius 3 is 2.46 bits per heavy atom. The summed E-state index contributed by atoms with van der Waals surface area (Å²) in [4.78, 5) is 27.1. The highest BCUT2D eigenvalue weighted by Crippen LogP contribution is 2.39. The van der Waals surface area contributed by atoms with E-state index in [1.54, 1.807) is 24.3 Å². The van der Waals surface area contributed by atoms with Crippen LogP contribution in [-0.4, -0.2) is 39.7 Å². The number of methoxy groups -OCH3 is 2. The maximum atomic E-state index is 12.2. The van der Waals surface area contributed by atoms with Gasteiger partial charge in [0.15, 0.2) is 5.78 Å². The van der Waals surface area contributed by atoms with Crippen LogP contribution in [0.4, 0.5) is 11.4 Å². The number of nitrogens with one attached hydrogen (secondary N) is 1. The van der Waals surface area contributed by atoms with E-state index in [1.165, 1.54) is 39.5 Å². The molecule has 28 heavy (non-hydrogen) atoms. The van der Waals surface area contributed by atoms with Crippen molar-refractivity contribution in [2.24, 2.45) is 0 Å². The lowest BCUT2D eigenvalue weighted by Gasteiger charge is -2.28. The number of fused-ring (bicyclic) bond motifs is 1. The summed E-state index contributed by atoms with van der Waals surface area (Å²) in [6.07, 6.45) is 1.48. The molecule has 0 aliphatic carbocycles.